The summed E-state index contributed by atoms with van der Waals surface area (Å²) in [6.07, 6.45) is -4.20. The van der Waals surface area contributed by atoms with E-state index in [1.54, 1.807) is 6.07 Å². The maximum atomic E-state index is 13.8. The first-order valence-corrected chi connectivity index (χ1v) is 14.1. The van der Waals surface area contributed by atoms with Crippen LogP contribution in [0.25, 0.3) is 0 Å². The normalized spacial score (nSPS) is 16.5. The number of piperazine rings is 1. The number of rotatable bonds is 5. The van der Waals surface area contributed by atoms with Crippen LogP contribution in [0.5, 0.6) is 5.75 Å². The van der Waals surface area contributed by atoms with Gasteiger partial charge in [0.15, 0.2) is 0 Å². The molecule has 7 nitrogen and oxygen atoms in total. The molecule has 0 aromatic heterocycles. The van der Waals surface area contributed by atoms with Crippen molar-refractivity contribution in [1.29, 1.82) is 0 Å². The topological polar surface area (TPSA) is 70.2 Å². The van der Waals surface area contributed by atoms with E-state index in [-0.39, 0.29) is 37.6 Å². The lowest BCUT2D eigenvalue weighted by Crippen LogP contribution is -2.49. The lowest BCUT2D eigenvalue weighted by atomic mass is 10.0. The van der Waals surface area contributed by atoms with Crippen LogP contribution < -0.4 is 9.64 Å². The maximum absolute atomic E-state index is 13.8. The number of hydrogen-bond donors (Lipinski definition) is 0. The Balaban J connectivity index is 1.35. The second kappa shape index (κ2) is 10.7. The molecule has 0 N–H and O–H groups in total. The molecular weight excluding hydrogens is 550 g/mol. The number of amides is 1. The predicted octanol–water partition coefficient (Wildman–Crippen LogP) is 4.56. The molecule has 2 aliphatic heterocycles. The Labute approximate surface area is 229 Å². The second-order valence-electron chi connectivity index (χ2n) is 9.66. The number of benzene rings is 3. The summed E-state index contributed by atoms with van der Waals surface area (Å²) in [5.41, 5.74) is 0.641. The number of fused-ring (bicyclic) bond motifs is 1. The number of hydrogen-bond acceptors (Lipinski definition) is 5. The Hall–Kier alpha value is -3.64. The summed E-state index contributed by atoms with van der Waals surface area (Å²) in [5.74, 6) is -1.43. The molecule has 0 atom stereocenters. The van der Waals surface area contributed by atoms with Gasteiger partial charge in [0, 0.05) is 39.3 Å². The van der Waals surface area contributed by atoms with E-state index in [1.807, 2.05) is 29.2 Å². The van der Waals surface area contributed by atoms with Gasteiger partial charge in [0.05, 0.1) is 28.8 Å². The zero-order valence-electron chi connectivity index (χ0n) is 21.6. The molecule has 12 heteroatoms. The van der Waals surface area contributed by atoms with Crippen molar-refractivity contribution in [2.24, 2.45) is 0 Å². The molecule has 40 heavy (non-hydrogen) atoms. The third-order valence-corrected chi connectivity index (χ3v) is 9.15. The number of methoxy groups -OCH3 is 1. The number of ether oxygens (including phenoxy) is 1. The number of carbonyl (C=O) groups excluding carboxylic acids is 1. The summed E-state index contributed by atoms with van der Waals surface area (Å²) in [6, 6.07) is 14.1. The molecule has 3 aromatic rings. The van der Waals surface area contributed by atoms with Gasteiger partial charge >= 0.3 is 6.18 Å². The van der Waals surface area contributed by atoms with E-state index in [0.717, 1.165) is 11.1 Å². The van der Waals surface area contributed by atoms with E-state index >= 15 is 0 Å². The van der Waals surface area contributed by atoms with E-state index in [4.69, 9.17) is 4.74 Å². The molecule has 0 saturated carbocycles. The minimum absolute atomic E-state index is 0.0513. The smallest absolute Gasteiger partial charge is 0.417 e. The predicted molar refractivity (Wildman–Crippen MR) is 140 cm³/mol. The highest BCUT2D eigenvalue weighted by Crippen LogP contribution is 2.35. The van der Waals surface area contributed by atoms with Crippen LogP contribution in [0, 0.1) is 5.82 Å². The molecule has 5 rings (SSSR count). The Morgan fingerprint density at radius 2 is 1.60 bits per heavy atom. The average Bonchev–Trinajstić information content (AvgIpc) is 2.95. The molecule has 1 fully saturated rings. The van der Waals surface area contributed by atoms with Gasteiger partial charge in [0.1, 0.15) is 11.6 Å². The quantitative estimate of drug-likeness (QED) is 0.416. The lowest BCUT2D eigenvalue weighted by molar-refractivity contribution is -0.138. The van der Waals surface area contributed by atoms with Crippen LogP contribution in [0.1, 0.15) is 27.0 Å². The highest BCUT2D eigenvalue weighted by Gasteiger charge is 2.37. The molecule has 0 aliphatic carbocycles. The Morgan fingerprint density at radius 1 is 0.900 bits per heavy atom. The van der Waals surface area contributed by atoms with E-state index in [9.17, 15) is 30.8 Å². The van der Waals surface area contributed by atoms with Crippen LogP contribution in [-0.4, -0.2) is 63.4 Å². The molecule has 2 aliphatic rings. The van der Waals surface area contributed by atoms with Crippen molar-refractivity contribution in [3.05, 3.63) is 88.7 Å². The number of anilines is 1. The molecule has 0 unspecified atom stereocenters. The average molecular weight is 578 g/mol. The Morgan fingerprint density at radius 3 is 2.27 bits per heavy atom. The van der Waals surface area contributed by atoms with Crippen molar-refractivity contribution in [3.8, 4) is 5.75 Å². The summed E-state index contributed by atoms with van der Waals surface area (Å²) >= 11 is 0. The molecule has 0 bridgehead atoms. The van der Waals surface area contributed by atoms with Gasteiger partial charge in [-0.2, -0.15) is 17.5 Å². The molecule has 0 spiro atoms. The highest BCUT2D eigenvalue weighted by atomic mass is 32.2. The fraction of sp³-hybridized carbons (Fsp3) is 0.321. The van der Waals surface area contributed by atoms with Crippen molar-refractivity contribution in [3.63, 3.8) is 0 Å². The van der Waals surface area contributed by atoms with E-state index < -0.39 is 39.1 Å². The van der Waals surface area contributed by atoms with Gasteiger partial charge in [-0.3, -0.25) is 4.79 Å². The van der Waals surface area contributed by atoms with E-state index in [1.165, 1.54) is 28.4 Å². The van der Waals surface area contributed by atoms with Crippen molar-refractivity contribution in [2.45, 2.75) is 24.0 Å². The van der Waals surface area contributed by atoms with Gasteiger partial charge < -0.3 is 14.5 Å². The zero-order valence-corrected chi connectivity index (χ0v) is 22.4. The van der Waals surface area contributed by atoms with Gasteiger partial charge in [-0.25, -0.2) is 12.8 Å². The lowest BCUT2D eigenvalue weighted by Gasteiger charge is -2.37. The molecule has 3 aromatic carbocycles. The van der Waals surface area contributed by atoms with Crippen LogP contribution in [0.2, 0.25) is 0 Å². The van der Waals surface area contributed by atoms with E-state index in [0.29, 0.717) is 42.6 Å². The maximum Gasteiger partial charge on any atom is 0.417 e. The summed E-state index contributed by atoms with van der Waals surface area (Å²) in [7, 11) is -2.37. The first-order valence-electron chi connectivity index (χ1n) is 12.6. The number of nitrogens with zero attached hydrogens (tertiary/aromatic N) is 3. The van der Waals surface area contributed by atoms with Crippen molar-refractivity contribution in [1.82, 2.24) is 9.21 Å². The highest BCUT2D eigenvalue weighted by molar-refractivity contribution is 7.89. The van der Waals surface area contributed by atoms with Crippen LogP contribution in [0.15, 0.2) is 65.6 Å². The van der Waals surface area contributed by atoms with Crippen LogP contribution in [0.4, 0.5) is 23.2 Å². The number of sulfonamides is 1. The minimum Gasteiger partial charge on any atom is -0.495 e. The second-order valence-corrected chi connectivity index (χ2v) is 11.6. The molecular formula is C28H27F4N3O4S. The molecule has 1 amide bonds. The van der Waals surface area contributed by atoms with Crippen LogP contribution in [0.3, 0.4) is 0 Å². The van der Waals surface area contributed by atoms with Crippen molar-refractivity contribution >= 4 is 21.6 Å². The summed E-state index contributed by atoms with van der Waals surface area (Å²) in [4.78, 5) is 16.1. The third-order valence-electron chi connectivity index (χ3n) is 7.31. The summed E-state index contributed by atoms with van der Waals surface area (Å²) < 4.78 is 88.1. The molecule has 212 valence electrons. The van der Waals surface area contributed by atoms with Crippen LogP contribution >= 0.6 is 0 Å². The molecule has 1 saturated heterocycles. The Bertz CT molecular complexity index is 1540. The largest absolute Gasteiger partial charge is 0.495 e. The summed E-state index contributed by atoms with van der Waals surface area (Å²) in [6.45, 7) is 1.13. The molecule has 0 radical (unpaired) electrons. The fourth-order valence-electron chi connectivity index (χ4n) is 5.16. The van der Waals surface area contributed by atoms with Crippen molar-refractivity contribution in [2.75, 3.05) is 44.7 Å². The monoisotopic (exact) mass is 577 g/mol. The Kier molecular flexibility index (Phi) is 7.49. The van der Waals surface area contributed by atoms with Gasteiger partial charge in [-0.15, -0.1) is 0 Å². The van der Waals surface area contributed by atoms with Crippen LogP contribution in [-0.2, 0) is 29.2 Å². The zero-order chi connectivity index (χ0) is 28.7. The van der Waals surface area contributed by atoms with Gasteiger partial charge in [-0.1, -0.05) is 24.3 Å². The first-order chi connectivity index (χ1) is 19.0. The van der Waals surface area contributed by atoms with Gasteiger partial charge in [0.2, 0.25) is 10.0 Å². The summed E-state index contributed by atoms with van der Waals surface area (Å²) in [5, 5.41) is 0. The standard InChI is InChI=1S/C28H27F4N3O4S/c1-39-26-9-7-22(40(37,38)35-11-10-19-4-2-3-5-20(19)18-35)17-25(26)33-12-14-34(15-13-33)27(36)23-16-21(29)6-8-24(23)28(30,31)32/h2-9,16-17H,10-15,18H2,1H3. The van der Waals surface area contributed by atoms with Gasteiger partial charge in [0.25, 0.3) is 5.91 Å². The van der Waals surface area contributed by atoms with Crippen molar-refractivity contribution < 1.29 is 35.5 Å². The minimum atomic E-state index is -4.81. The van der Waals surface area contributed by atoms with E-state index in [2.05, 4.69) is 0 Å². The SMILES string of the molecule is COc1ccc(S(=O)(=O)N2CCc3ccccc3C2)cc1N1CCN(C(=O)c2cc(F)ccc2C(F)(F)F)CC1. The number of alkyl halides is 3. The number of carbonyl (C=O) groups is 1. The van der Waals surface area contributed by atoms with Gasteiger partial charge in [-0.05, 0) is 53.9 Å². The fourth-order valence-corrected chi connectivity index (χ4v) is 6.60. The number of halogens is 4. The molecule has 2 heterocycles. The third kappa shape index (κ3) is 5.37. The first kappa shape index (κ1) is 27.9.